The maximum absolute atomic E-state index is 9.15. The third-order valence-corrected chi connectivity index (χ3v) is 6.34. The van der Waals surface area contributed by atoms with E-state index in [1.807, 2.05) is 40.3 Å². The highest BCUT2D eigenvalue weighted by Crippen LogP contribution is 2.41. The standard InChI is InChI=1S/C25H28N8/c26-11-7-24(20-3-4-20)33-17-21(16-29-33)23-8-12-28-25(31-23)30-22-5-1-18(2-6-22)15-19-9-13-32(27)14-10-19/h1-2,5-6,8,12,15-17,20,24H,3-4,7,9-10,13-14,27H2,(H,28,30,31). The normalized spacial score (nSPS) is 17.4. The highest BCUT2D eigenvalue weighted by Gasteiger charge is 2.33. The first kappa shape index (κ1) is 21.3. The second kappa shape index (κ2) is 9.53. The van der Waals surface area contributed by atoms with E-state index in [0.717, 1.165) is 42.9 Å². The van der Waals surface area contributed by atoms with Gasteiger partial charge < -0.3 is 5.32 Å². The molecule has 5 rings (SSSR count). The smallest absolute Gasteiger partial charge is 0.227 e. The molecule has 1 aliphatic heterocycles. The number of nitrogens with one attached hydrogen (secondary N) is 1. The van der Waals surface area contributed by atoms with Crippen molar-refractivity contribution < 1.29 is 0 Å². The van der Waals surface area contributed by atoms with E-state index >= 15 is 0 Å². The fraction of sp³-hybridized carbons (Fsp3) is 0.360. The predicted octanol–water partition coefficient (Wildman–Crippen LogP) is 4.30. The zero-order chi connectivity index (χ0) is 22.6. The number of nitrogens with zero attached hydrogens (tertiary/aromatic N) is 6. The van der Waals surface area contributed by atoms with E-state index in [-0.39, 0.29) is 6.04 Å². The molecule has 1 aromatic carbocycles. The molecule has 1 unspecified atom stereocenters. The number of nitriles is 1. The molecule has 3 N–H and O–H groups in total. The van der Waals surface area contributed by atoms with Crippen LogP contribution in [-0.2, 0) is 0 Å². The Bertz CT molecular complexity index is 1160. The molecule has 0 bridgehead atoms. The molecule has 1 saturated carbocycles. The summed E-state index contributed by atoms with van der Waals surface area (Å²) < 4.78 is 1.93. The van der Waals surface area contributed by atoms with Gasteiger partial charge >= 0.3 is 0 Å². The number of hydrazine groups is 1. The van der Waals surface area contributed by atoms with Crippen LogP contribution in [0.25, 0.3) is 17.3 Å². The van der Waals surface area contributed by atoms with Crippen molar-refractivity contribution in [3.05, 3.63) is 60.1 Å². The lowest BCUT2D eigenvalue weighted by molar-refractivity contribution is 0.265. The van der Waals surface area contributed by atoms with Gasteiger partial charge in [-0.05, 0) is 55.4 Å². The van der Waals surface area contributed by atoms with E-state index in [2.05, 4.69) is 44.7 Å². The second-order valence-corrected chi connectivity index (χ2v) is 8.83. The molecular formula is C25H28N8. The minimum atomic E-state index is 0.152. The number of benzene rings is 1. The van der Waals surface area contributed by atoms with Gasteiger partial charge in [-0.15, -0.1) is 0 Å². The summed E-state index contributed by atoms with van der Waals surface area (Å²) in [6, 6.07) is 12.6. The van der Waals surface area contributed by atoms with Crippen LogP contribution in [0.5, 0.6) is 0 Å². The van der Waals surface area contributed by atoms with E-state index in [0.29, 0.717) is 18.3 Å². The molecule has 2 aliphatic rings. The van der Waals surface area contributed by atoms with Crippen molar-refractivity contribution >= 4 is 17.7 Å². The lowest BCUT2D eigenvalue weighted by atomic mass is 10.0. The highest BCUT2D eigenvalue weighted by molar-refractivity contribution is 5.62. The van der Waals surface area contributed by atoms with Crippen LogP contribution in [0.4, 0.5) is 11.6 Å². The number of aromatic nitrogens is 4. The van der Waals surface area contributed by atoms with E-state index < -0.39 is 0 Å². The van der Waals surface area contributed by atoms with Crippen molar-refractivity contribution in [2.45, 2.75) is 38.1 Å². The molecule has 0 spiro atoms. The molecule has 0 radical (unpaired) electrons. The summed E-state index contributed by atoms with van der Waals surface area (Å²) in [4.78, 5) is 9.04. The lowest BCUT2D eigenvalue weighted by Gasteiger charge is -2.23. The van der Waals surface area contributed by atoms with Crippen LogP contribution < -0.4 is 11.2 Å². The minimum Gasteiger partial charge on any atom is -0.324 e. The van der Waals surface area contributed by atoms with E-state index in [4.69, 9.17) is 11.1 Å². The van der Waals surface area contributed by atoms with Gasteiger partial charge in [-0.3, -0.25) is 10.5 Å². The Kier molecular flexibility index (Phi) is 6.15. The largest absolute Gasteiger partial charge is 0.324 e. The van der Waals surface area contributed by atoms with E-state index in [1.165, 1.54) is 24.0 Å². The van der Waals surface area contributed by atoms with Crippen LogP contribution in [0.15, 0.2) is 54.5 Å². The number of anilines is 2. The van der Waals surface area contributed by atoms with Gasteiger partial charge in [0.15, 0.2) is 0 Å². The molecule has 3 aromatic rings. The van der Waals surface area contributed by atoms with Gasteiger partial charge in [-0.2, -0.15) is 10.4 Å². The Labute approximate surface area is 193 Å². The third kappa shape index (κ3) is 5.28. The summed E-state index contributed by atoms with van der Waals surface area (Å²) in [5.41, 5.74) is 5.29. The maximum Gasteiger partial charge on any atom is 0.227 e. The summed E-state index contributed by atoms with van der Waals surface area (Å²) in [6.07, 6.45) is 12.7. The van der Waals surface area contributed by atoms with Gasteiger partial charge in [0.2, 0.25) is 5.95 Å². The highest BCUT2D eigenvalue weighted by atomic mass is 15.4. The molecule has 168 valence electrons. The van der Waals surface area contributed by atoms with Crippen molar-refractivity contribution in [2.75, 3.05) is 18.4 Å². The summed E-state index contributed by atoms with van der Waals surface area (Å²) in [6.45, 7) is 1.83. The van der Waals surface area contributed by atoms with Crippen molar-refractivity contribution in [2.24, 2.45) is 11.8 Å². The van der Waals surface area contributed by atoms with Crippen molar-refractivity contribution in [3.63, 3.8) is 0 Å². The average molecular weight is 441 g/mol. The van der Waals surface area contributed by atoms with Gasteiger partial charge in [0.05, 0.1) is 30.4 Å². The Morgan fingerprint density at radius 2 is 1.97 bits per heavy atom. The summed E-state index contributed by atoms with van der Waals surface area (Å²) >= 11 is 0. The van der Waals surface area contributed by atoms with Crippen molar-refractivity contribution in [3.8, 4) is 17.3 Å². The first-order valence-electron chi connectivity index (χ1n) is 11.5. The Hall–Kier alpha value is -3.54. The van der Waals surface area contributed by atoms with Gasteiger partial charge in [0.1, 0.15) is 0 Å². The first-order chi connectivity index (χ1) is 16.2. The van der Waals surface area contributed by atoms with Crippen LogP contribution in [0, 0.1) is 17.2 Å². The van der Waals surface area contributed by atoms with Gasteiger partial charge in [0.25, 0.3) is 0 Å². The zero-order valence-electron chi connectivity index (χ0n) is 18.6. The molecule has 1 aliphatic carbocycles. The first-order valence-corrected chi connectivity index (χ1v) is 11.5. The fourth-order valence-electron chi connectivity index (χ4n) is 4.27. The van der Waals surface area contributed by atoms with Crippen LogP contribution in [0.1, 0.15) is 43.7 Å². The van der Waals surface area contributed by atoms with Crippen molar-refractivity contribution in [1.29, 1.82) is 5.26 Å². The topological polar surface area (TPSA) is 109 Å². The SMILES string of the molecule is N#CCC(C1CC1)n1cc(-c2ccnc(Nc3ccc(C=C4CCN(N)CC4)cc3)n2)cn1. The van der Waals surface area contributed by atoms with E-state index in [9.17, 15) is 0 Å². The minimum absolute atomic E-state index is 0.152. The Balaban J connectivity index is 1.26. The van der Waals surface area contributed by atoms with Crippen molar-refractivity contribution in [1.82, 2.24) is 24.8 Å². The molecule has 33 heavy (non-hydrogen) atoms. The Morgan fingerprint density at radius 1 is 1.18 bits per heavy atom. The number of piperidine rings is 1. The maximum atomic E-state index is 9.15. The molecule has 2 fully saturated rings. The molecule has 8 heteroatoms. The molecular weight excluding hydrogens is 412 g/mol. The predicted molar refractivity (Wildman–Crippen MR) is 128 cm³/mol. The van der Waals surface area contributed by atoms with Crippen LogP contribution in [0.3, 0.4) is 0 Å². The molecule has 8 nitrogen and oxygen atoms in total. The quantitative estimate of drug-likeness (QED) is 0.527. The molecule has 1 atom stereocenters. The second-order valence-electron chi connectivity index (χ2n) is 8.83. The monoisotopic (exact) mass is 440 g/mol. The van der Waals surface area contributed by atoms with Crippen LogP contribution in [0.2, 0.25) is 0 Å². The lowest BCUT2D eigenvalue weighted by Crippen LogP contribution is -2.36. The molecule has 3 heterocycles. The van der Waals surface area contributed by atoms with E-state index in [1.54, 1.807) is 6.20 Å². The average Bonchev–Trinajstić information content (AvgIpc) is 3.56. The fourth-order valence-corrected chi connectivity index (χ4v) is 4.27. The summed E-state index contributed by atoms with van der Waals surface area (Å²) in [7, 11) is 0. The molecule has 2 aromatic heterocycles. The zero-order valence-corrected chi connectivity index (χ0v) is 18.6. The van der Waals surface area contributed by atoms with Crippen LogP contribution in [-0.4, -0.2) is 37.8 Å². The summed E-state index contributed by atoms with van der Waals surface area (Å²) in [5.74, 6) is 6.94. The van der Waals surface area contributed by atoms with Gasteiger partial charge in [0, 0.05) is 36.7 Å². The third-order valence-electron chi connectivity index (χ3n) is 6.34. The van der Waals surface area contributed by atoms with Gasteiger partial charge in [-0.25, -0.2) is 15.0 Å². The number of hydrogen-bond acceptors (Lipinski definition) is 7. The molecule has 0 amide bonds. The van der Waals surface area contributed by atoms with Crippen LogP contribution >= 0.6 is 0 Å². The number of hydrogen-bond donors (Lipinski definition) is 2. The number of nitrogens with two attached hydrogens (primary N) is 1. The molecule has 1 saturated heterocycles. The van der Waals surface area contributed by atoms with Gasteiger partial charge in [-0.1, -0.05) is 23.8 Å². The summed E-state index contributed by atoms with van der Waals surface area (Å²) in [5, 5.41) is 18.8. The Morgan fingerprint density at radius 3 is 2.70 bits per heavy atom. The number of rotatable bonds is 7.